The second-order valence-corrected chi connectivity index (χ2v) is 4.24. The van der Waals surface area contributed by atoms with Crippen LogP contribution in [0.4, 0.5) is 4.79 Å². The van der Waals surface area contributed by atoms with Crippen LogP contribution in [0.25, 0.3) is 0 Å². The molecule has 0 spiro atoms. The Balaban J connectivity index is 2.50. The summed E-state index contributed by atoms with van der Waals surface area (Å²) in [4.78, 5) is 22.8. The molecule has 17 heavy (non-hydrogen) atoms. The molecule has 92 valence electrons. The second-order valence-electron chi connectivity index (χ2n) is 3.15. The van der Waals surface area contributed by atoms with Gasteiger partial charge in [0.2, 0.25) is 0 Å². The van der Waals surface area contributed by atoms with Gasteiger partial charge in [-0.2, -0.15) is 0 Å². The molecule has 1 amide bonds. The molecule has 1 aromatic carbocycles. The highest BCUT2D eigenvalue weighted by Gasteiger charge is 2.20. The predicted octanol–water partition coefficient (Wildman–Crippen LogP) is 1.59. The quantitative estimate of drug-likeness (QED) is 0.781. The minimum Gasteiger partial charge on any atom is -0.480 e. The first-order chi connectivity index (χ1) is 8.13. The second kappa shape index (κ2) is 6.80. The van der Waals surface area contributed by atoms with E-state index in [0.29, 0.717) is 0 Å². The number of ether oxygens (including phenoxy) is 1. The van der Waals surface area contributed by atoms with Crippen LogP contribution in [0.5, 0.6) is 0 Å². The highest BCUT2D eigenvalue weighted by atomic mass is 32.2. The molecule has 2 N–H and O–H groups in total. The van der Waals surface area contributed by atoms with Crippen LogP contribution in [0.1, 0.15) is 0 Å². The Bertz CT molecular complexity index is 382. The van der Waals surface area contributed by atoms with Gasteiger partial charge in [0, 0.05) is 10.6 Å². The SMILES string of the molecule is COC(=O)NC(CSc1ccccc1)C(=O)O. The number of alkyl carbamates (subject to hydrolysis) is 1. The fourth-order valence-corrected chi connectivity index (χ4v) is 2.01. The molecular formula is C11H13NO4S. The molecule has 0 saturated carbocycles. The number of methoxy groups -OCH3 is 1. The molecule has 1 aromatic rings. The number of thioether (sulfide) groups is 1. The fraction of sp³-hybridized carbons (Fsp3) is 0.273. The van der Waals surface area contributed by atoms with Crippen LogP contribution in [0.3, 0.4) is 0 Å². The maximum absolute atomic E-state index is 10.9. The lowest BCUT2D eigenvalue weighted by Crippen LogP contribution is -2.42. The Morgan fingerprint density at radius 1 is 1.41 bits per heavy atom. The molecule has 0 fully saturated rings. The summed E-state index contributed by atoms with van der Waals surface area (Å²) in [6, 6.07) is 8.40. The van der Waals surface area contributed by atoms with E-state index in [9.17, 15) is 9.59 Å². The lowest BCUT2D eigenvalue weighted by molar-refractivity contribution is -0.138. The van der Waals surface area contributed by atoms with Gasteiger partial charge in [0.15, 0.2) is 0 Å². The monoisotopic (exact) mass is 255 g/mol. The van der Waals surface area contributed by atoms with Crippen LogP contribution < -0.4 is 5.32 Å². The molecule has 0 radical (unpaired) electrons. The first-order valence-corrected chi connectivity index (χ1v) is 5.87. The van der Waals surface area contributed by atoms with Crippen molar-refractivity contribution >= 4 is 23.8 Å². The average Bonchev–Trinajstić information content (AvgIpc) is 2.35. The number of benzene rings is 1. The first kappa shape index (κ1) is 13.4. The number of nitrogens with one attached hydrogen (secondary N) is 1. The van der Waals surface area contributed by atoms with Gasteiger partial charge in [0.1, 0.15) is 6.04 Å². The molecule has 0 aliphatic rings. The van der Waals surface area contributed by atoms with Crippen molar-refractivity contribution in [3.05, 3.63) is 30.3 Å². The average molecular weight is 255 g/mol. The highest BCUT2D eigenvalue weighted by Crippen LogP contribution is 2.17. The molecule has 0 aromatic heterocycles. The molecule has 1 unspecified atom stereocenters. The molecular weight excluding hydrogens is 242 g/mol. The number of rotatable bonds is 5. The normalized spacial score (nSPS) is 11.6. The number of carboxylic acid groups (broad SMARTS) is 1. The number of amides is 1. The van der Waals surface area contributed by atoms with E-state index in [1.54, 1.807) is 0 Å². The number of carboxylic acids is 1. The summed E-state index contributed by atoms with van der Waals surface area (Å²) in [5.74, 6) is -0.840. The third-order valence-corrected chi connectivity index (χ3v) is 3.04. The zero-order valence-electron chi connectivity index (χ0n) is 9.25. The molecule has 0 saturated heterocycles. The van der Waals surface area contributed by atoms with Crippen molar-refractivity contribution in [3.63, 3.8) is 0 Å². The van der Waals surface area contributed by atoms with Crippen molar-refractivity contribution in [2.75, 3.05) is 12.9 Å². The summed E-state index contributed by atoms with van der Waals surface area (Å²) in [6.45, 7) is 0. The summed E-state index contributed by atoms with van der Waals surface area (Å²) in [7, 11) is 1.19. The molecule has 6 heteroatoms. The highest BCUT2D eigenvalue weighted by molar-refractivity contribution is 7.99. The van der Waals surface area contributed by atoms with Crippen molar-refractivity contribution in [1.82, 2.24) is 5.32 Å². The van der Waals surface area contributed by atoms with Gasteiger partial charge >= 0.3 is 12.1 Å². The third kappa shape index (κ3) is 4.78. The van der Waals surface area contributed by atoms with Gasteiger partial charge in [0.25, 0.3) is 0 Å². The zero-order valence-corrected chi connectivity index (χ0v) is 10.1. The lowest BCUT2D eigenvalue weighted by atomic mass is 10.3. The standard InChI is InChI=1S/C11H13NO4S/c1-16-11(15)12-9(10(13)14)7-17-8-5-3-2-4-6-8/h2-6,9H,7H2,1H3,(H,12,15)(H,13,14). The number of hydrogen-bond donors (Lipinski definition) is 2. The van der Waals surface area contributed by atoms with Gasteiger partial charge in [-0.1, -0.05) is 18.2 Å². The summed E-state index contributed by atoms with van der Waals surface area (Å²) in [6.07, 6.45) is -0.744. The fourth-order valence-electron chi connectivity index (χ4n) is 1.07. The maximum atomic E-state index is 10.9. The van der Waals surface area contributed by atoms with E-state index in [1.807, 2.05) is 30.3 Å². The van der Waals surface area contributed by atoms with Gasteiger partial charge in [-0.25, -0.2) is 9.59 Å². The van der Waals surface area contributed by atoms with E-state index in [1.165, 1.54) is 18.9 Å². The molecule has 0 heterocycles. The number of hydrogen-bond acceptors (Lipinski definition) is 4. The molecule has 0 aliphatic carbocycles. The van der Waals surface area contributed by atoms with Gasteiger partial charge in [-0.3, -0.25) is 0 Å². The molecule has 1 atom stereocenters. The lowest BCUT2D eigenvalue weighted by Gasteiger charge is -2.12. The van der Waals surface area contributed by atoms with Crippen molar-refractivity contribution in [1.29, 1.82) is 0 Å². The van der Waals surface area contributed by atoms with Crippen molar-refractivity contribution in [3.8, 4) is 0 Å². The van der Waals surface area contributed by atoms with E-state index in [0.717, 1.165) is 4.90 Å². The summed E-state index contributed by atoms with van der Waals surface area (Å²) < 4.78 is 4.36. The van der Waals surface area contributed by atoms with E-state index in [2.05, 4.69) is 10.1 Å². The minimum atomic E-state index is -1.08. The predicted molar refractivity (Wildman–Crippen MR) is 64.1 cm³/mol. The number of carbonyl (C=O) groups excluding carboxylic acids is 1. The van der Waals surface area contributed by atoms with E-state index in [-0.39, 0.29) is 5.75 Å². The van der Waals surface area contributed by atoms with Crippen LogP contribution in [0, 0.1) is 0 Å². The number of aliphatic carboxylic acids is 1. The van der Waals surface area contributed by atoms with Crippen molar-refractivity contribution < 1.29 is 19.4 Å². The first-order valence-electron chi connectivity index (χ1n) is 4.88. The maximum Gasteiger partial charge on any atom is 0.407 e. The molecule has 0 aliphatic heterocycles. The Hall–Kier alpha value is -1.69. The van der Waals surface area contributed by atoms with Crippen molar-refractivity contribution in [2.24, 2.45) is 0 Å². The van der Waals surface area contributed by atoms with Crippen LogP contribution in [0.15, 0.2) is 35.2 Å². The van der Waals surface area contributed by atoms with Gasteiger partial charge < -0.3 is 15.2 Å². The Kier molecular flexibility index (Phi) is 5.35. The minimum absolute atomic E-state index is 0.244. The summed E-state index contributed by atoms with van der Waals surface area (Å²) >= 11 is 1.36. The molecule has 1 rings (SSSR count). The van der Waals surface area contributed by atoms with Gasteiger partial charge in [0.05, 0.1) is 7.11 Å². The zero-order chi connectivity index (χ0) is 12.7. The molecule has 5 nitrogen and oxygen atoms in total. The number of carbonyl (C=O) groups is 2. The van der Waals surface area contributed by atoms with E-state index < -0.39 is 18.1 Å². The summed E-state index contributed by atoms with van der Waals surface area (Å²) in [5.41, 5.74) is 0. The summed E-state index contributed by atoms with van der Waals surface area (Å²) in [5, 5.41) is 11.2. The smallest absolute Gasteiger partial charge is 0.407 e. The molecule has 0 bridgehead atoms. The van der Waals surface area contributed by atoms with E-state index in [4.69, 9.17) is 5.11 Å². The topological polar surface area (TPSA) is 75.6 Å². The Morgan fingerprint density at radius 2 is 2.06 bits per heavy atom. The van der Waals surface area contributed by atoms with Crippen LogP contribution in [-0.2, 0) is 9.53 Å². The van der Waals surface area contributed by atoms with Crippen LogP contribution >= 0.6 is 11.8 Å². The third-order valence-electron chi connectivity index (χ3n) is 1.94. The van der Waals surface area contributed by atoms with Crippen molar-refractivity contribution in [2.45, 2.75) is 10.9 Å². The van der Waals surface area contributed by atoms with Gasteiger partial charge in [-0.15, -0.1) is 11.8 Å². The van der Waals surface area contributed by atoms with Gasteiger partial charge in [-0.05, 0) is 12.1 Å². The largest absolute Gasteiger partial charge is 0.480 e. The Morgan fingerprint density at radius 3 is 2.59 bits per heavy atom. The van der Waals surface area contributed by atoms with Crippen LogP contribution in [-0.4, -0.2) is 36.1 Å². The van der Waals surface area contributed by atoms with E-state index >= 15 is 0 Å². The Labute approximate surface area is 103 Å². The van der Waals surface area contributed by atoms with Crippen LogP contribution in [0.2, 0.25) is 0 Å².